The Morgan fingerprint density at radius 3 is 2.92 bits per heavy atom. The smallest absolute Gasteiger partial charge is 0.193 e. The summed E-state index contributed by atoms with van der Waals surface area (Å²) < 4.78 is 11.3. The fraction of sp³-hybridized carbons (Fsp3) is 0.611. The standard InChI is InChI=1S/C18H28N4O2/c1-14-5-2-3-9-22(14)10-8-20-18(19)21-15-6-7-16-17(13-15)24-12-4-11-23-16/h6-7,13-14H,2-5,8-12H2,1H3,(H3,19,20,21). The van der Waals surface area contributed by atoms with Gasteiger partial charge >= 0.3 is 0 Å². The lowest BCUT2D eigenvalue weighted by atomic mass is 10.0. The molecule has 24 heavy (non-hydrogen) atoms. The number of rotatable bonds is 4. The van der Waals surface area contributed by atoms with Gasteiger partial charge in [0.15, 0.2) is 17.5 Å². The quantitative estimate of drug-likeness (QED) is 0.654. The van der Waals surface area contributed by atoms with Crippen LogP contribution in [0.15, 0.2) is 23.2 Å². The average molecular weight is 332 g/mol. The highest BCUT2D eigenvalue weighted by Gasteiger charge is 2.17. The number of nitrogens with zero attached hydrogens (tertiary/aromatic N) is 2. The Hall–Kier alpha value is -1.95. The first-order valence-corrected chi connectivity index (χ1v) is 8.93. The SMILES string of the molecule is CC1CCCCN1CCN=C(N)Nc1ccc2c(c1)OCCCO2. The molecule has 0 amide bonds. The van der Waals surface area contributed by atoms with E-state index < -0.39 is 0 Å². The summed E-state index contributed by atoms with van der Waals surface area (Å²) in [5.74, 6) is 1.98. The molecule has 0 aliphatic carbocycles. The third-order valence-electron chi connectivity index (χ3n) is 4.63. The van der Waals surface area contributed by atoms with Crippen molar-refractivity contribution in [3.63, 3.8) is 0 Å². The molecule has 2 heterocycles. The van der Waals surface area contributed by atoms with Crippen molar-refractivity contribution in [2.45, 2.75) is 38.6 Å². The van der Waals surface area contributed by atoms with Crippen LogP contribution in [0.2, 0.25) is 0 Å². The Bertz CT molecular complexity index is 576. The number of nitrogens with two attached hydrogens (primary N) is 1. The molecule has 0 spiro atoms. The zero-order valence-corrected chi connectivity index (χ0v) is 14.5. The van der Waals surface area contributed by atoms with Gasteiger partial charge in [0, 0.05) is 30.8 Å². The van der Waals surface area contributed by atoms with E-state index in [-0.39, 0.29) is 0 Å². The molecule has 6 nitrogen and oxygen atoms in total. The number of fused-ring (bicyclic) bond motifs is 1. The van der Waals surface area contributed by atoms with Crippen molar-refractivity contribution in [3.05, 3.63) is 18.2 Å². The van der Waals surface area contributed by atoms with Crippen molar-refractivity contribution in [1.29, 1.82) is 0 Å². The zero-order chi connectivity index (χ0) is 16.8. The van der Waals surface area contributed by atoms with Crippen LogP contribution >= 0.6 is 0 Å². The molecular formula is C18H28N4O2. The van der Waals surface area contributed by atoms with Crippen molar-refractivity contribution in [2.75, 3.05) is 38.2 Å². The number of anilines is 1. The lowest BCUT2D eigenvalue weighted by molar-refractivity contribution is 0.166. The Balaban J connectivity index is 1.52. The van der Waals surface area contributed by atoms with Gasteiger partial charge in [0.25, 0.3) is 0 Å². The van der Waals surface area contributed by atoms with Crippen molar-refractivity contribution in [3.8, 4) is 11.5 Å². The first-order valence-electron chi connectivity index (χ1n) is 8.93. The second-order valence-corrected chi connectivity index (χ2v) is 6.48. The minimum atomic E-state index is 0.439. The van der Waals surface area contributed by atoms with E-state index in [0.717, 1.165) is 30.2 Å². The van der Waals surface area contributed by atoms with Crippen LogP contribution in [0, 0.1) is 0 Å². The van der Waals surface area contributed by atoms with E-state index in [0.29, 0.717) is 31.8 Å². The first-order chi connectivity index (χ1) is 11.7. The van der Waals surface area contributed by atoms with E-state index in [1.54, 1.807) is 0 Å². The van der Waals surface area contributed by atoms with Gasteiger partial charge < -0.3 is 20.5 Å². The van der Waals surface area contributed by atoms with Gasteiger partial charge in [0.2, 0.25) is 0 Å². The van der Waals surface area contributed by atoms with Crippen molar-refractivity contribution >= 4 is 11.6 Å². The molecule has 6 heteroatoms. The number of piperidine rings is 1. The fourth-order valence-electron chi connectivity index (χ4n) is 3.22. The maximum atomic E-state index is 6.01. The van der Waals surface area contributed by atoms with Crippen LogP contribution in [0.3, 0.4) is 0 Å². The topological polar surface area (TPSA) is 72.1 Å². The third-order valence-corrected chi connectivity index (χ3v) is 4.63. The molecule has 1 aromatic rings. The fourth-order valence-corrected chi connectivity index (χ4v) is 3.22. The van der Waals surface area contributed by atoms with Gasteiger partial charge in [-0.3, -0.25) is 9.89 Å². The summed E-state index contributed by atoms with van der Waals surface area (Å²) in [6.07, 6.45) is 4.82. The van der Waals surface area contributed by atoms with Crippen molar-refractivity contribution < 1.29 is 9.47 Å². The van der Waals surface area contributed by atoms with Crippen LogP contribution in [0.5, 0.6) is 11.5 Å². The summed E-state index contributed by atoms with van der Waals surface area (Å²) in [4.78, 5) is 6.94. The predicted octanol–water partition coefficient (Wildman–Crippen LogP) is 2.45. The molecule has 2 aliphatic heterocycles. The van der Waals surface area contributed by atoms with Gasteiger partial charge in [0.1, 0.15) is 0 Å². The highest BCUT2D eigenvalue weighted by Crippen LogP contribution is 2.32. The van der Waals surface area contributed by atoms with Gasteiger partial charge in [-0.15, -0.1) is 0 Å². The van der Waals surface area contributed by atoms with Crippen LogP contribution in [0.4, 0.5) is 5.69 Å². The van der Waals surface area contributed by atoms with E-state index in [1.165, 1.54) is 25.8 Å². The molecule has 2 aliphatic rings. The van der Waals surface area contributed by atoms with Gasteiger partial charge in [-0.1, -0.05) is 6.42 Å². The summed E-state index contributed by atoms with van der Waals surface area (Å²) in [7, 11) is 0. The minimum Gasteiger partial charge on any atom is -0.490 e. The predicted molar refractivity (Wildman–Crippen MR) is 97.0 cm³/mol. The van der Waals surface area contributed by atoms with Crippen molar-refractivity contribution in [1.82, 2.24) is 4.90 Å². The second kappa shape index (κ2) is 8.24. The monoisotopic (exact) mass is 332 g/mol. The molecule has 0 saturated carbocycles. The van der Waals surface area contributed by atoms with E-state index in [2.05, 4.69) is 22.1 Å². The number of aliphatic imine (C=N–C) groups is 1. The van der Waals surface area contributed by atoms with Gasteiger partial charge in [-0.2, -0.15) is 0 Å². The van der Waals surface area contributed by atoms with Crippen molar-refractivity contribution in [2.24, 2.45) is 10.7 Å². The number of nitrogens with one attached hydrogen (secondary N) is 1. The lowest BCUT2D eigenvalue weighted by Crippen LogP contribution is -2.39. The van der Waals surface area contributed by atoms with E-state index in [4.69, 9.17) is 15.2 Å². The van der Waals surface area contributed by atoms with Crippen LogP contribution in [-0.2, 0) is 0 Å². The number of hydrogen-bond acceptors (Lipinski definition) is 4. The Labute approximate surface area is 144 Å². The van der Waals surface area contributed by atoms with Crippen LogP contribution in [0.1, 0.15) is 32.6 Å². The minimum absolute atomic E-state index is 0.439. The maximum absolute atomic E-state index is 6.01. The largest absolute Gasteiger partial charge is 0.490 e. The Morgan fingerprint density at radius 2 is 2.08 bits per heavy atom. The summed E-state index contributed by atoms with van der Waals surface area (Å²) in [6, 6.07) is 6.41. The average Bonchev–Trinajstić information content (AvgIpc) is 2.81. The van der Waals surface area contributed by atoms with Gasteiger partial charge in [-0.05, 0) is 38.4 Å². The third kappa shape index (κ3) is 4.54. The number of ether oxygens (including phenoxy) is 2. The molecule has 1 fully saturated rings. The normalized spacial score (nSPS) is 22.0. The number of likely N-dealkylation sites (tertiary alicyclic amines) is 1. The lowest BCUT2D eigenvalue weighted by Gasteiger charge is -2.32. The number of hydrogen-bond donors (Lipinski definition) is 2. The molecule has 0 aromatic heterocycles. The molecule has 0 bridgehead atoms. The summed E-state index contributed by atoms with van der Waals surface area (Å²) in [5, 5.41) is 3.14. The van der Waals surface area contributed by atoms with E-state index >= 15 is 0 Å². The van der Waals surface area contributed by atoms with Crippen LogP contribution in [-0.4, -0.2) is 49.7 Å². The van der Waals surface area contributed by atoms with E-state index in [1.807, 2.05) is 18.2 Å². The molecule has 3 rings (SSSR count). The summed E-state index contributed by atoms with van der Waals surface area (Å²) in [6.45, 7) is 6.51. The van der Waals surface area contributed by atoms with Crippen LogP contribution in [0.25, 0.3) is 0 Å². The molecule has 132 valence electrons. The molecule has 1 unspecified atom stereocenters. The summed E-state index contributed by atoms with van der Waals surface area (Å²) >= 11 is 0. The first kappa shape index (κ1) is 16.9. The molecule has 1 atom stereocenters. The highest BCUT2D eigenvalue weighted by atomic mass is 16.5. The second-order valence-electron chi connectivity index (χ2n) is 6.48. The zero-order valence-electron chi connectivity index (χ0n) is 14.5. The van der Waals surface area contributed by atoms with Crippen LogP contribution < -0.4 is 20.5 Å². The summed E-state index contributed by atoms with van der Waals surface area (Å²) in [5.41, 5.74) is 6.88. The molecule has 3 N–H and O–H groups in total. The number of benzene rings is 1. The highest BCUT2D eigenvalue weighted by molar-refractivity contribution is 5.92. The van der Waals surface area contributed by atoms with Gasteiger partial charge in [0.05, 0.1) is 19.8 Å². The Kier molecular flexibility index (Phi) is 5.80. The molecular weight excluding hydrogens is 304 g/mol. The molecule has 1 saturated heterocycles. The maximum Gasteiger partial charge on any atom is 0.193 e. The Morgan fingerprint density at radius 1 is 1.25 bits per heavy atom. The molecule has 1 aromatic carbocycles. The molecule has 0 radical (unpaired) electrons. The van der Waals surface area contributed by atoms with E-state index in [9.17, 15) is 0 Å². The number of guanidine groups is 1. The van der Waals surface area contributed by atoms with Gasteiger partial charge in [-0.25, -0.2) is 0 Å².